The number of aldehydes is 1. The third-order valence-electron chi connectivity index (χ3n) is 3.76. The molecule has 1 aliphatic rings. The summed E-state index contributed by atoms with van der Waals surface area (Å²) < 4.78 is 0. The van der Waals surface area contributed by atoms with Crippen LogP contribution in [0.4, 0.5) is 5.69 Å². The zero-order chi connectivity index (χ0) is 15.2. The molecule has 0 aliphatic carbocycles. The second-order valence-corrected chi connectivity index (χ2v) is 6.30. The zero-order valence-electron chi connectivity index (χ0n) is 12.3. The van der Waals surface area contributed by atoms with Crippen molar-refractivity contribution in [3.05, 3.63) is 54.9 Å². The minimum atomic E-state index is -0.123. The van der Waals surface area contributed by atoms with E-state index in [2.05, 4.69) is 20.9 Å². The Labute approximate surface area is 135 Å². The van der Waals surface area contributed by atoms with E-state index < -0.39 is 0 Å². The molecule has 1 aromatic heterocycles. The number of thioether (sulfide) groups is 1. The monoisotopic (exact) mass is 312 g/mol. The molecule has 1 aromatic carbocycles. The summed E-state index contributed by atoms with van der Waals surface area (Å²) in [4.78, 5) is 21.2. The number of anilines is 1. The SMILES string of the molecule is O=CC(Sc1cc[c]cc1)N1CCN(c2ccncc2)CC1. The van der Waals surface area contributed by atoms with E-state index in [4.69, 9.17) is 0 Å². The lowest BCUT2D eigenvalue weighted by Gasteiger charge is -2.38. The van der Waals surface area contributed by atoms with Gasteiger partial charge in [0.25, 0.3) is 0 Å². The Morgan fingerprint density at radius 2 is 1.77 bits per heavy atom. The lowest BCUT2D eigenvalue weighted by atomic mass is 10.2. The second-order valence-electron chi connectivity index (χ2n) is 5.11. The molecular weight excluding hydrogens is 294 g/mol. The molecule has 4 nitrogen and oxygen atoms in total. The Kier molecular flexibility index (Phi) is 5.08. The number of pyridine rings is 1. The average Bonchev–Trinajstić information content (AvgIpc) is 2.61. The van der Waals surface area contributed by atoms with E-state index in [1.165, 1.54) is 5.69 Å². The molecule has 0 amide bonds. The Hall–Kier alpha value is -1.85. The predicted octanol–water partition coefficient (Wildman–Crippen LogP) is 2.32. The fraction of sp³-hybridized carbons (Fsp3) is 0.294. The molecule has 1 unspecified atom stereocenters. The standard InChI is InChI=1S/C17H18N3OS/c21-14-17(22-16-4-2-1-3-5-16)20-12-10-19(11-13-20)15-6-8-18-9-7-15/h2-9,14,17H,10-13H2. The molecule has 2 aromatic rings. The Balaban J connectivity index is 1.59. The summed E-state index contributed by atoms with van der Waals surface area (Å²) >= 11 is 1.60. The summed E-state index contributed by atoms with van der Waals surface area (Å²) in [6.45, 7) is 3.63. The second kappa shape index (κ2) is 7.42. The van der Waals surface area contributed by atoms with Crippen molar-refractivity contribution >= 4 is 23.7 Å². The number of aromatic nitrogens is 1. The third kappa shape index (κ3) is 3.67. The molecule has 1 fully saturated rings. The minimum absolute atomic E-state index is 0.123. The summed E-state index contributed by atoms with van der Waals surface area (Å²) in [5.74, 6) is 0. The first-order valence-corrected chi connectivity index (χ1v) is 8.22. The molecule has 1 aliphatic heterocycles. The predicted molar refractivity (Wildman–Crippen MR) is 89.0 cm³/mol. The molecule has 113 valence electrons. The van der Waals surface area contributed by atoms with Crippen LogP contribution in [0.3, 0.4) is 0 Å². The quantitative estimate of drug-likeness (QED) is 0.625. The largest absolute Gasteiger partial charge is 0.369 e. The van der Waals surface area contributed by atoms with Gasteiger partial charge in [-0.3, -0.25) is 9.88 Å². The number of rotatable bonds is 5. The van der Waals surface area contributed by atoms with Crippen molar-refractivity contribution in [2.24, 2.45) is 0 Å². The van der Waals surface area contributed by atoms with Crippen LogP contribution >= 0.6 is 11.8 Å². The van der Waals surface area contributed by atoms with Crippen molar-refractivity contribution in [1.82, 2.24) is 9.88 Å². The fourth-order valence-corrected chi connectivity index (χ4v) is 3.55. The van der Waals surface area contributed by atoms with Crippen LogP contribution in [0.5, 0.6) is 0 Å². The van der Waals surface area contributed by atoms with Crippen LogP contribution in [0.15, 0.2) is 53.7 Å². The van der Waals surface area contributed by atoms with Crippen molar-refractivity contribution < 1.29 is 4.79 Å². The Morgan fingerprint density at radius 3 is 2.41 bits per heavy atom. The summed E-state index contributed by atoms with van der Waals surface area (Å²) in [5, 5.41) is -0.123. The first kappa shape index (κ1) is 15.1. The summed E-state index contributed by atoms with van der Waals surface area (Å²) in [7, 11) is 0. The maximum Gasteiger partial charge on any atom is 0.147 e. The number of hydrogen-bond acceptors (Lipinski definition) is 5. The van der Waals surface area contributed by atoms with Gasteiger partial charge in [0.05, 0.1) is 0 Å². The fourth-order valence-electron chi connectivity index (χ4n) is 2.57. The number of nitrogens with zero attached hydrogens (tertiary/aromatic N) is 3. The number of hydrogen-bond donors (Lipinski definition) is 0. The molecule has 1 atom stereocenters. The highest BCUT2D eigenvalue weighted by Crippen LogP contribution is 2.25. The van der Waals surface area contributed by atoms with Crippen LogP contribution < -0.4 is 4.90 Å². The highest BCUT2D eigenvalue weighted by atomic mass is 32.2. The van der Waals surface area contributed by atoms with Crippen LogP contribution in [0.25, 0.3) is 0 Å². The van der Waals surface area contributed by atoms with Crippen molar-refractivity contribution in [2.75, 3.05) is 31.1 Å². The first-order valence-electron chi connectivity index (χ1n) is 7.34. The molecule has 0 saturated carbocycles. The molecule has 5 heteroatoms. The number of piperazine rings is 1. The normalized spacial score (nSPS) is 17.2. The smallest absolute Gasteiger partial charge is 0.147 e. The van der Waals surface area contributed by atoms with Crippen molar-refractivity contribution in [1.29, 1.82) is 0 Å². The molecule has 2 heterocycles. The molecule has 0 N–H and O–H groups in total. The van der Waals surface area contributed by atoms with Crippen LogP contribution in [0, 0.1) is 6.07 Å². The van der Waals surface area contributed by atoms with Gasteiger partial charge in [-0.15, -0.1) is 0 Å². The van der Waals surface area contributed by atoms with E-state index in [0.717, 1.165) is 37.4 Å². The Bertz CT molecular complexity index is 585. The van der Waals surface area contributed by atoms with Gasteiger partial charge in [-0.1, -0.05) is 23.9 Å². The van der Waals surface area contributed by atoms with Crippen molar-refractivity contribution in [3.8, 4) is 0 Å². The van der Waals surface area contributed by atoms with Gasteiger partial charge in [0.15, 0.2) is 0 Å². The van der Waals surface area contributed by atoms with Gasteiger partial charge >= 0.3 is 0 Å². The molecule has 1 saturated heterocycles. The van der Waals surface area contributed by atoms with Gasteiger partial charge in [-0.2, -0.15) is 0 Å². The van der Waals surface area contributed by atoms with E-state index >= 15 is 0 Å². The maximum absolute atomic E-state index is 11.5. The van der Waals surface area contributed by atoms with Crippen LogP contribution in [0.2, 0.25) is 0 Å². The molecular formula is C17H18N3OS. The average molecular weight is 312 g/mol. The van der Waals surface area contributed by atoms with E-state index in [9.17, 15) is 4.79 Å². The van der Waals surface area contributed by atoms with Gasteiger partial charge < -0.3 is 9.69 Å². The highest BCUT2D eigenvalue weighted by molar-refractivity contribution is 8.00. The number of carbonyl (C=O) groups is 1. The van der Waals surface area contributed by atoms with E-state index in [0.29, 0.717) is 0 Å². The first-order chi connectivity index (χ1) is 10.9. The van der Waals surface area contributed by atoms with Crippen molar-refractivity contribution in [3.63, 3.8) is 0 Å². The van der Waals surface area contributed by atoms with E-state index in [1.54, 1.807) is 11.8 Å². The van der Waals surface area contributed by atoms with Gasteiger partial charge in [0, 0.05) is 49.2 Å². The maximum atomic E-state index is 11.5. The van der Waals surface area contributed by atoms with Crippen LogP contribution in [-0.4, -0.2) is 47.7 Å². The minimum Gasteiger partial charge on any atom is -0.369 e. The lowest BCUT2D eigenvalue weighted by Crippen LogP contribution is -2.50. The lowest BCUT2D eigenvalue weighted by molar-refractivity contribution is -0.109. The van der Waals surface area contributed by atoms with Gasteiger partial charge in [-0.25, -0.2) is 0 Å². The van der Waals surface area contributed by atoms with Gasteiger partial charge in [-0.05, 0) is 30.3 Å². The zero-order valence-corrected chi connectivity index (χ0v) is 13.1. The van der Waals surface area contributed by atoms with Crippen molar-refractivity contribution in [2.45, 2.75) is 10.3 Å². The van der Waals surface area contributed by atoms with E-state index in [1.807, 2.05) is 48.8 Å². The molecule has 22 heavy (non-hydrogen) atoms. The molecule has 0 bridgehead atoms. The van der Waals surface area contributed by atoms with Crippen LogP contribution in [-0.2, 0) is 4.79 Å². The van der Waals surface area contributed by atoms with Gasteiger partial charge in [0.1, 0.15) is 11.7 Å². The van der Waals surface area contributed by atoms with E-state index in [-0.39, 0.29) is 5.37 Å². The highest BCUT2D eigenvalue weighted by Gasteiger charge is 2.24. The number of benzene rings is 1. The topological polar surface area (TPSA) is 36.4 Å². The summed E-state index contributed by atoms with van der Waals surface area (Å²) in [5.41, 5.74) is 1.20. The summed E-state index contributed by atoms with van der Waals surface area (Å²) in [6, 6.07) is 14.8. The molecule has 1 radical (unpaired) electrons. The van der Waals surface area contributed by atoms with Gasteiger partial charge in [0.2, 0.25) is 0 Å². The third-order valence-corrected chi connectivity index (χ3v) is 4.96. The Morgan fingerprint density at radius 1 is 1.09 bits per heavy atom. The molecule has 3 rings (SSSR count). The van der Waals surface area contributed by atoms with Crippen LogP contribution in [0.1, 0.15) is 0 Å². The summed E-state index contributed by atoms with van der Waals surface area (Å²) in [6.07, 6.45) is 4.68. The number of carbonyl (C=O) groups excluding carboxylic acids is 1. The molecule has 0 spiro atoms.